The Bertz CT molecular complexity index is 449. The van der Waals surface area contributed by atoms with Crippen molar-refractivity contribution in [1.82, 2.24) is 5.43 Å². The molecule has 1 fully saturated rings. The van der Waals surface area contributed by atoms with Gasteiger partial charge in [0.05, 0.1) is 6.42 Å². The predicted octanol–water partition coefficient (Wildman–Crippen LogP) is 1.98. The molecule has 1 aliphatic heterocycles. The molecule has 1 amide bonds. The Morgan fingerprint density at radius 2 is 2.00 bits per heavy atom. The van der Waals surface area contributed by atoms with Gasteiger partial charge in [0.15, 0.2) is 5.54 Å². The van der Waals surface area contributed by atoms with Crippen LogP contribution in [0.1, 0.15) is 25.8 Å². The molecule has 1 heterocycles. The van der Waals surface area contributed by atoms with Crippen LogP contribution in [-0.4, -0.2) is 22.3 Å². The van der Waals surface area contributed by atoms with E-state index >= 15 is 0 Å². The quantitative estimate of drug-likeness (QED) is 0.745. The first-order valence-electron chi connectivity index (χ1n) is 5.17. The summed E-state index contributed by atoms with van der Waals surface area (Å²) in [4.78, 5) is 11.3. The van der Waals surface area contributed by atoms with Crippen LogP contribution in [0, 0.1) is 0 Å². The second kappa shape index (κ2) is 3.91. The molecule has 0 bridgehead atoms. The molecule has 1 saturated heterocycles. The van der Waals surface area contributed by atoms with E-state index < -0.39 is 0 Å². The Morgan fingerprint density at radius 3 is 2.50 bits per heavy atom. The summed E-state index contributed by atoms with van der Waals surface area (Å²) in [6, 6.07) is 7.50. The van der Waals surface area contributed by atoms with Gasteiger partial charge in [-0.1, -0.05) is 11.6 Å². The highest BCUT2D eigenvalue weighted by atomic mass is 35.5. The van der Waals surface area contributed by atoms with E-state index in [2.05, 4.69) is 5.43 Å². The van der Waals surface area contributed by atoms with Gasteiger partial charge in [-0.2, -0.15) is 0 Å². The number of amides is 1. The predicted molar refractivity (Wildman–Crippen MR) is 63.7 cm³/mol. The highest BCUT2D eigenvalue weighted by Crippen LogP contribution is 2.18. The largest absolute Gasteiger partial charge is 0.281 e. The fourth-order valence-corrected chi connectivity index (χ4v) is 1.83. The molecule has 0 unspecified atom stereocenters. The molecule has 4 heteroatoms. The summed E-state index contributed by atoms with van der Waals surface area (Å²) < 4.78 is 1.85. The number of nitrogens with zero attached hydrogens (tertiary/aromatic N) is 1. The zero-order valence-electron chi connectivity index (χ0n) is 9.33. The number of hydrogen-bond acceptors (Lipinski definition) is 1. The van der Waals surface area contributed by atoms with Gasteiger partial charge in [-0.3, -0.25) is 4.79 Å². The third-order valence-corrected chi connectivity index (χ3v) is 2.89. The van der Waals surface area contributed by atoms with Crippen molar-refractivity contribution < 1.29 is 9.48 Å². The van der Waals surface area contributed by atoms with Gasteiger partial charge in [-0.05, 0) is 24.3 Å². The van der Waals surface area contributed by atoms with E-state index in [1.54, 1.807) is 0 Å². The van der Waals surface area contributed by atoms with Crippen molar-refractivity contribution in [2.75, 3.05) is 0 Å². The van der Waals surface area contributed by atoms with Crippen molar-refractivity contribution in [3.63, 3.8) is 0 Å². The van der Waals surface area contributed by atoms with Gasteiger partial charge in [-0.25, -0.2) is 0 Å². The monoisotopic (exact) mass is 237 g/mol. The van der Waals surface area contributed by atoms with Crippen LogP contribution in [0.3, 0.4) is 0 Å². The summed E-state index contributed by atoms with van der Waals surface area (Å²) in [5.41, 5.74) is 3.64. The molecule has 16 heavy (non-hydrogen) atoms. The molecule has 0 radical (unpaired) electrons. The van der Waals surface area contributed by atoms with Crippen LogP contribution in [0.5, 0.6) is 0 Å². The van der Waals surface area contributed by atoms with Gasteiger partial charge in [0.2, 0.25) is 6.21 Å². The Labute approximate surface area is 99.7 Å². The van der Waals surface area contributed by atoms with Gasteiger partial charge in [0.25, 0.3) is 5.91 Å². The minimum Gasteiger partial charge on any atom is -0.269 e. The van der Waals surface area contributed by atoms with Crippen molar-refractivity contribution in [3.8, 4) is 0 Å². The minimum absolute atomic E-state index is 0.0511. The maximum absolute atomic E-state index is 11.3. The molecule has 84 valence electrons. The van der Waals surface area contributed by atoms with Gasteiger partial charge in [-0.15, -0.1) is 10.1 Å². The summed E-state index contributed by atoms with van der Waals surface area (Å²) in [5, 5.41) is 0.710. The summed E-state index contributed by atoms with van der Waals surface area (Å²) in [5.74, 6) is 0.0511. The van der Waals surface area contributed by atoms with Crippen LogP contribution >= 0.6 is 11.6 Å². The standard InChI is InChI=1S/C12H13ClN2O/c1-12(2)7-11(16)14-15(12)8-9-3-5-10(13)6-4-9/h3-6,8H,7H2,1-2H3/p+1. The SMILES string of the molecule is CC1(C)CC(=O)N[N+]1=Cc1ccc(Cl)cc1. The topological polar surface area (TPSA) is 32.1 Å². The minimum atomic E-state index is -0.184. The second-order valence-corrected chi connectivity index (χ2v) is 5.01. The van der Waals surface area contributed by atoms with Crippen molar-refractivity contribution in [2.24, 2.45) is 0 Å². The first kappa shape index (κ1) is 11.1. The Morgan fingerprint density at radius 1 is 1.38 bits per heavy atom. The van der Waals surface area contributed by atoms with Crippen LogP contribution in [0.2, 0.25) is 5.02 Å². The van der Waals surface area contributed by atoms with Crippen LogP contribution < -0.4 is 5.43 Å². The van der Waals surface area contributed by atoms with Crippen molar-refractivity contribution in [2.45, 2.75) is 25.8 Å². The molecule has 1 aromatic rings. The van der Waals surface area contributed by atoms with Crippen molar-refractivity contribution in [3.05, 3.63) is 34.9 Å². The smallest absolute Gasteiger partial charge is 0.269 e. The molecule has 1 N–H and O–H groups in total. The molecule has 0 aromatic heterocycles. The second-order valence-electron chi connectivity index (χ2n) is 4.57. The number of carbonyl (C=O) groups is 1. The molecule has 0 atom stereocenters. The number of benzene rings is 1. The molecule has 0 saturated carbocycles. The number of halogens is 1. The van der Waals surface area contributed by atoms with Crippen LogP contribution in [-0.2, 0) is 4.79 Å². The molecular formula is C12H14ClN2O+. The van der Waals surface area contributed by atoms with Gasteiger partial charge >= 0.3 is 0 Å². The fraction of sp³-hybridized carbons (Fsp3) is 0.333. The number of rotatable bonds is 1. The summed E-state index contributed by atoms with van der Waals surface area (Å²) in [6.45, 7) is 4.05. The molecule has 0 aliphatic carbocycles. The molecular weight excluding hydrogens is 224 g/mol. The Kier molecular flexibility index (Phi) is 2.72. The number of hydrazine groups is 1. The molecule has 0 spiro atoms. The fourth-order valence-electron chi connectivity index (χ4n) is 1.71. The zero-order chi connectivity index (χ0) is 11.8. The maximum Gasteiger partial charge on any atom is 0.281 e. The van der Waals surface area contributed by atoms with Gasteiger partial charge in [0, 0.05) is 24.4 Å². The molecule has 3 nitrogen and oxygen atoms in total. The third-order valence-electron chi connectivity index (χ3n) is 2.64. The van der Waals surface area contributed by atoms with Crippen molar-refractivity contribution in [1.29, 1.82) is 0 Å². The third kappa shape index (κ3) is 2.25. The van der Waals surface area contributed by atoms with E-state index in [9.17, 15) is 4.79 Å². The van der Waals surface area contributed by atoms with E-state index in [1.807, 2.05) is 49.0 Å². The summed E-state index contributed by atoms with van der Waals surface area (Å²) in [7, 11) is 0. The molecule has 1 aromatic carbocycles. The average Bonchev–Trinajstić information content (AvgIpc) is 2.43. The number of carbonyl (C=O) groups excluding carboxylic acids is 1. The number of hydrazone groups is 1. The van der Waals surface area contributed by atoms with Gasteiger partial charge in [0.1, 0.15) is 0 Å². The average molecular weight is 238 g/mol. The normalized spacial score (nSPS) is 21.2. The molecule has 1 aliphatic rings. The number of hydrogen-bond donors (Lipinski definition) is 1. The van der Waals surface area contributed by atoms with E-state index in [0.29, 0.717) is 11.4 Å². The van der Waals surface area contributed by atoms with Crippen molar-refractivity contribution >= 4 is 23.7 Å². The molecule has 2 rings (SSSR count). The summed E-state index contributed by atoms with van der Waals surface area (Å²) in [6.07, 6.45) is 2.43. The van der Waals surface area contributed by atoms with Gasteiger partial charge < -0.3 is 0 Å². The van der Waals surface area contributed by atoms with Crippen LogP contribution in [0.15, 0.2) is 24.3 Å². The van der Waals surface area contributed by atoms with E-state index in [1.165, 1.54) is 0 Å². The van der Waals surface area contributed by atoms with Crippen LogP contribution in [0.4, 0.5) is 0 Å². The van der Waals surface area contributed by atoms with E-state index in [-0.39, 0.29) is 11.4 Å². The maximum atomic E-state index is 11.3. The Hall–Kier alpha value is -1.35. The highest BCUT2D eigenvalue weighted by molar-refractivity contribution is 6.30. The lowest BCUT2D eigenvalue weighted by Gasteiger charge is -2.09. The van der Waals surface area contributed by atoms with E-state index in [4.69, 9.17) is 11.6 Å². The summed E-state index contributed by atoms with van der Waals surface area (Å²) >= 11 is 5.81. The van der Waals surface area contributed by atoms with Crippen LogP contribution in [0.25, 0.3) is 0 Å². The number of nitrogens with one attached hydrogen (secondary N) is 1. The van der Waals surface area contributed by atoms with E-state index in [0.717, 1.165) is 5.56 Å². The lowest BCUT2D eigenvalue weighted by molar-refractivity contribution is -0.620. The first-order chi connectivity index (χ1) is 7.47. The first-order valence-corrected chi connectivity index (χ1v) is 5.54. The lowest BCUT2D eigenvalue weighted by atomic mass is 10.0. The lowest BCUT2D eigenvalue weighted by Crippen LogP contribution is -2.36. The highest BCUT2D eigenvalue weighted by Gasteiger charge is 2.42. The Balaban J connectivity index is 2.31. The zero-order valence-corrected chi connectivity index (χ0v) is 10.1.